The van der Waals surface area contributed by atoms with E-state index in [2.05, 4.69) is 60.2 Å². The molecule has 0 spiro atoms. The molecule has 4 heterocycles. The van der Waals surface area contributed by atoms with Crippen LogP contribution in [0.1, 0.15) is 86.0 Å². The Bertz CT molecular complexity index is 824. The number of hydrogen-bond acceptors (Lipinski definition) is 7. The summed E-state index contributed by atoms with van der Waals surface area (Å²) in [6.45, 7) is 13.1. The predicted molar refractivity (Wildman–Crippen MR) is 131 cm³/mol. The van der Waals surface area contributed by atoms with Crippen LogP contribution in [-0.4, -0.2) is 61.6 Å². The first-order valence-electron chi connectivity index (χ1n) is 12.9. The van der Waals surface area contributed by atoms with E-state index in [0.717, 1.165) is 51.6 Å². The number of carbonyl (C=O) groups is 1. The number of carbonyl (C=O) groups excluding carboxylic acids is 1. The molecular formula is C24H45N5O3S. The lowest BCUT2D eigenvalue weighted by atomic mass is 9.78. The molecule has 190 valence electrons. The first kappa shape index (κ1) is 25.4. The number of amides is 1. The molecule has 33 heavy (non-hydrogen) atoms. The van der Waals surface area contributed by atoms with E-state index in [-0.39, 0.29) is 41.2 Å². The minimum atomic E-state index is -3.79. The van der Waals surface area contributed by atoms with E-state index in [9.17, 15) is 13.2 Å². The molecule has 6 unspecified atom stereocenters. The van der Waals surface area contributed by atoms with Gasteiger partial charge in [-0.25, -0.2) is 8.42 Å². The molecule has 4 fully saturated rings. The number of piperidine rings is 2. The van der Waals surface area contributed by atoms with E-state index < -0.39 is 15.4 Å². The van der Waals surface area contributed by atoms with Crippen molar-refractivity contribution >= 4 is 15.9 Å². The third kappa shape index (κ3) is 5.58. The van der Waals surface area contributed by atoms with Gasteiger partial charge < -0.3 is 5.32 Å². The summed E-state index contributed by atoms with van der Waals surface area (Å²) in [4.78, 5) is 16.0. The van der Waals surface area contributed by atoms with Crippen molar-refractivity contribution in [2.24, 2.45) is 17.3 Å². The van der Waals surface area contributed by atoms with Crippen LogP contribution >= 0.6 is 0 Å². The lowest BCUT2D eigenvalue weighted by Crippen LogP contribution is -2.65. The predicted octanol–water partition coefficient (Wildman–Crippen LogP) is 2.08. The molecule has 0 saturated carbocycles. The van der Waals surface area contributed by atoms with Gasteiger partial charge in [-0.3, -0.25) is 25.1 Å². The summed E-state index contributed by atoms with van der Waals surface area (Å²) in [5.41, 5.74) is 0.0303. The molecule has 8 nitrogen and oxygen atoms in total. The average Bonchev–Trinajstić information content (AvgIpc) is 3.03. The van der Waals surface area contributed by atoms with Gasteiger partial charge in [-0.1, -0.05) is 20.8 Å². The van der Waals surface area contributed by atoms with Crippen LogP contribution in [0.5, 0.6) is 0 Å². The molecule has 0 aromatic carbocycles. The Morgan fingerprint density at radius 3 is 2.48 bits per heavy atom. The molecule has 4 aliphatic heterocycles. The number of fused-ring (bicyclic) bond motifs is 6. The Kier molecular flexibility index (Phi) is 7.20. The van der Waals surface area contributed by atoms with Gasteiger partial charge in [-0.05, 0) is 83.1 Å². The molecule has 0 radical (unpaired) electrons. The van der Waals surface area contributed by atoms with Crippen molar-refractivity contribution < 1.29 is 13.2 Å². The zero-order chi connectivity index (χ0) is 24.0. The molecular weight excluding hydrogens is 438 g/mol. The summed E-state index contributed by atoms with van der Waals surface area (Å²) < 4.78 is 28.9. The van der Waals surface area contributed by atoms with Crippen molar-refractivity contribution in [3.8, 4) is 0 Å². The highest BCUT2D eigenvalue weighted by molar-refractivity contribution is 7.90. The van der Waals surface area contributed by atoms with Gasteiger partial charge >= 0.3 is 0 Å². The molecule has 0 aromatic heterocycles. The number of nitrogens with zero attached hydrogens (tertiary/aromatic N) is 1. The molecule has 7 atom stereocenters. The van der Waals surface area contributed by atoms with Crippen molar-refractivity contribution in [2.45, 2.75) is 115 Å². The lowest BCUT2D eigenvalue weighted by Gasteiger charge is -2.49. The zero-order valence-electron chi connectivity index (χ0n) is 21.1. The molecule has 0 aromatic rings. The molecule has 0 aliphatic carbocycles. The van der Waals surface area contributed by atoms with Crippen LogP contribution < -0.4 is 20.7 Å². The Morgan fingerprint density at radius 1 is 1.00 bits per heavy atom. The summed E-state index contributed by atoms with van der Waals surface area (Å²) >= 11 is 0. The van der Waals surface area contributed by atoms with E-state index in [4.69, 9.17) is 0 Å². The number of sulfonamides is 1. The topological polar surface area (TPSA) is 103 Å². The van der Waals surface area contributed by atoms with E-state index >= 15 is 0 Å². The van der Waals surface area contributed by atoms with Gasteiger partial charge in [0, 0.05) is 18.1 Å². The third-order valence-electron chi connectivity index (χ3n) is 8.40. The SMILES string of the molecule is CC(C)(C)C1CCC2C(=O)NS(=O)(=O)C3CCCC(NCCC[C@@H]4CN(C2N1)C(C)(C)C4)N3. The average molecular weight is 484 g/mol. The first-order valence-corrected chi connectivity index (χ1v) is 14.5. The standard InChI is InChI=1S/C24H45N5O3S/c1-23(2,3)18-12-11-17-21(26-18)29-15-16(14-24(29,4)5)8-7-13-25-19-9-6-10-20(27-19)33(31,32)28-22(17)30/h16-21,25-27H,6-15H2,1-5H3,(H,28,30)/t16-,17?,18?,19?,20?,21?/m0/s1. The number of hydrogen-bond donors (Lipinski definition) is 4. The van der Waals surface area contributed by atoms with Crippen molar-refractivity contribution in [3.63, 3.8) is 0 Å². The van der Waals surface area contributed by atoms with Crippen LogP contribution in [0.4, 0.5) is 0 Å². The maximum atomic E-state index is 13.5. The molecule has 4 N–H and O–H groups in total. The van der Waals surface area contributed by atoms with Crippen molar-refractivity contribution in [1.82, 2.24) is 25.6 Å². The fourth-order valence-electron chi connectivity index (χ4n) is 6.53. The number of nitrogens with one attached hydrogen (secondary N) is 4. The van der Waals surface area contributed by atoms with E-state index in [0.29, 0.717) is 18.8 Å². The van der Waals surface area contributed by atoms with Crippen LogP contribution in [0.15, 0.2) is 0 Å². The van der Waals surface area contributed by atoms with Gasteiger partial charge in [-0.2, -0.15) is 0 Å². The second-order valence-corrected chi connectivity index (χ2v) is 14.4. The van der Waals surface area contributed by atoms with Crippen LogP contribution in [0.3, 0.4) is 0 Å². The summed E-state index contributed by atoms with van der Waals surface area (Å²) in [7, 11) is -3.79. The zero-order valence-corrected chi connectivity index (χ0v) is 21.9. The summed E-state index contributed by atoms with van der Waals surface area (Å²) in [6, 6.07) is 0.282. The van der Waals surface area contributed by atoms with E-state index in [1.807, 2.05) is 0 Å². The van der Waals surface area contributed by atoms with Gasteiger partial charge in [0.2, 0.25) is 5.91 Å². The summed E-state index contributed by atoms with van der Waals surface area (Å²) in [5, 5.41) is 9.83. The molecule has 4 rings (SSSR count). The minimum absolute atomic E-state index is 0.0197. The van der Waals surface area contributed by atoms with E-state index in [1.54, 1.807) is 0 Å². The fraction of sp³-hybridized carbons (Fsp3) is 0.958. The normalized spacial score (nSPS) is 41.8. The Labute approximate surface area is 200 Å². The van der Waals surface area contributed by atoms with Crippen molar-refractivity contribution in [3.05, 3.63) is 0 Å². The summed E-state index contributed by atoms with van der Waals surface area (Å²) in [6.07, 6.45) is 6.97. The summed E-state index contributed by atoms with van der Waals surface area (Å²) in [5.74, 6) is -0.159. The highest BCUT2D eigenvalue weighted by atomic mass is 32.2. The van der Waals surface area contributed by atoms with Crippen molar-refractivity contribution in [2.75, 3.05) is 13.1 Å². The highest BCUT2D eigenvalue weighted by Crippen LogP contribution is 2.41. The molecule has 9 heteroatoms. The number of rotatable bonds is 0. The van der Waals surface area contributed by atoms with Gasteiger partial charge in [-0.15, -0.1) is 0 Å². The largest absolute Gasteiger partial charge is 0.302 e. The lowest BCUT2D eigenvalue weighted by molar-refractivity contribution is -0.129. The highest BCUT2D eigenvalue weighted by Gasteiger charge is 2.49. The van der Waals surface area contributed by atoms with Gasteiger partial charge in [0.25, 0.3) is 10.0 Å². The first-order chi connectivity index (χ1) is 15.4. The van der Waals surface area contributed by atoms with Crippen LogP contribution in [0, 0.1) is 17.3 Å². The molecule has 4 bridgehead atoms. The van der Waals surface area contributed by atoms with Gasteiger partial charge in [0.05, 0.1) is 18.2 Å². The fourth-order valence-corrected chi connectivity index (χ4v) is 7.92. The monoisotopic (exact) mass is 483 g/mol. The minimum Gasteiger partial charge on any atom is -0.302 e. The van der Waals surface area contributed by atoms with Crippen LogP contribution in [-0.2, 0) is 14.8 Å². The van der Waals surface area contributed by atoms with Crippen LogP contribution in [0.2, 0.25) is 0 Å². The Morgan fingerprint density at radius 2 is 1.76 bits per heavy atom. The maximum absolute atomic E-state index is 13.5. The second kappa shape index (κ2) is 9.37. The maximum Gasteiger partial charge on any atom is 0.251 e. The van der Waals surface area contributed by atoms with Crippen molar-refractivity contribution in [1.29, 1.82) is 0 Å². The molecule has 1 amide bonds. The smallest absolute Gasteiger partial charge is 0.251 e. The van der Waals surface area contributed by atoms with E-state index in [1.165, 1.54) is 0 Å². The van der Waals surface area contributed by atoms with Gasteiger partial charge in [0.15, 0.2) is 0 Å². The second-order valence-electron chi connectivity index (χ2n) is 12.5. The Hall–Kier alpha value is -0.740. The van der Waals surface area contributed by atoms with Crippen LogP contribution in [0.25, 0.3) is 0 Å². The third-order valence-corrected chi connectivity index (χ3v) is 10.0. The Balaban J connectivity index is 1.64. The molecule has 4 saturated heterocycles. The quantitative estimate of drug-likeness (QED) is 0.418. The molecule has 4 aliphatic rings. The van der Waals surface area contributed by atoms with Gasteiger partial charge in [0.1, 0.15) is 5.37 Å².